The van der Waals surface area contributed by atoms with E-state index in [1.165, 1.54) is 4.88 Å². The fraction of sp³-hybridized carbons (Fsp3) is 0.667. The fourth-order valence-corrected chi connectivity index (χ4v) is 2.44. The van der Waals surface area contributed by atoms with Crippen molar-refractivity contribution in [3.63, 3.8) is 0 Å². The topological polar surface area (TPSA) is 27.6 Å². The number of hydrogen-bond acceptors (Lipinski definition) is 2. The van der Waals surface area contributed by atoms with Crippen LogP contribution < -0.4 is 5.32 Å². The van der Waals surface area contributed by atoms with Gasteiger partial charge in [-0.05, 0) is 37.1 Å². The summed E-state index contributed by atoms with van der Waals surface area (Å²) < 4.78 is 0. The van der Waals surface area contributed by atoms with Gasteiger partial charge in [-0.2, -0.15) is 0 Å². The lowest BCUT2D eigenvalue weighted by atomic mass is 10.1. The molecule has 20 heavy (non-hydrogen) atoms. The van der Waals surface area contributed by atoms with E-state index < -0.39 is 0 Å². The highest BCUT2D eigenvalue weighted by Crippen LogP contribution is 2.09. The first kappa shape index (κ1) is 19.7. The third-order valence-corrected chi connectivity index (χ3v) is 3.87. The van der Waals surface area contributed by atoms with Crippen LogP contribution in [0.4, 0.5) is 0 Å². The first-order valence-corrected chi connectivity index (χ1v) is 8.03. The molecule has 0 aliphatic carbocycles. The van der Waals surface area contributed by atoms with Crippen LogP contribution in [-0.4, -0.2) is 37.5 Å². The van der Waals surface area contributed by atoms with Gasteiger partial charge in [0, 0.05) is 31.6 Å². The summed E-state index contributed by atoms with van der Waals surface area (Å²) in [5.74, 6) is 1.74. The van der Waals surface area contributed by atoms with Gasteiger partial charge in [0.25, 0.3) is 0 Å². The number of likely N-dealkylation sites (N-methyl/N-ethyl adjacent to an activating group) is 1. The van der Waals surface area contributed by atoms with E-state index in [1.807, 2.05) is 11.3 Å². The molecular formula is C15H28IN3S. The summed E-state index contributed by atoms with van der Waals surface area (Å²) in [7, 11) is 2.12. The Morgan fingerprint density at radius 3 is 2.75 bits per heavy atom. The maximum atomic E-state index is 4.69. The lowest BCUT2D eigenvalue weighted by Gasteiger charge is -2.22. The Bertz CT molecular complexity index is 363. The normalized spacial score (nSPS) is 11.3. The zero-order valence-corrected chi connectivity index (χ0v) is 16.2. The highest BCUT2D eigenvalue weighted by Gasteiger charge is 2.06. The number of aliphatic imine (C=N–C) groups is 1. The summed E-state index contributed by atoms with van der Waals surface area (Å²) in [6.07, 6.45) is 2.23. The smallest absolute Gasteiger partial charge is 0.193 e. The molecule has 0 unspecified atom stereocenters. The number of nitrogens with zero attached hydrogens (tertiary/aromatic N) is 2. The summed E-state index contributed by atoms with van der Waals surface area (Å²) in [5.41, 5.74) is 0. The van der Waals surface area contributed by atoms with Gasteiger partial charge in [0.1, 0.15) is 0 Å². The highest BCUT2D eigenvalue weighted by molar-refractivity contribution is 14.0. The Kier molecular flexibility index (Phi) is 11.2. The zero-order valence-electron chi connectivity index (χ0n) is 13.1. The largest absolute Gasteiger partial charge is 0.357 e. The number of halogens is 1. The molecule has 1 aromatic rings. The van der Waals surface area contributed by atoms with Crippen molar-refractivity contribution < 1.29 is 0 Å². The fourth-order valence-electron chi connectivity index (χ4n) is 1.74. The van der Waals surface area contributed by atoms with E-state index in [1.54, 1.807) is 0 Å². The van der Waals surface area contributed by atoms with Gasteiger partial charge >= 0.3 is 0 Å². The van der Waals surface area contributed by atoms with Gasteiger partial charge in [0.05, 0.1) is 0 Å². The van der Waals surface area contributed by atoms with Crippen molar-refractivity contribution in [2.75, 3.05) is 26.7 Å². The van der Waals surface area contributed by atoms with E-state index in [4.69, 9.17) is 0 Å². The number of nitrogens with one attached hydrogen (secondary N) is 1. The minimum atomic E-state index is 0. The van der Waals surface area contributed by atoms with E-state index in [2.05, 4.69) is 60.5 Å². The molecular weight excluding hydrogens is 381 g/mol. The molecule has 116 valence electrons. The molecule has 0 saturated heterocycles. The van der Waals surface area contributed by atoms with Gasteiger partial charge in [-0.1, -0.05) is 19.9 Å². The van der Waals surface area contributed by atoms with Crippen LogP contribution in [-0.2, 0) is 6.42 Å². The molecule has 0 fully saturated rings. The summed E-state index contributed by atoms with van der Waals surface area (Å²) in [5, 5.41) is 5.50. The maximum Gasteiger partial charge on any atom is 0.193 e. The molecule has 1 heterocycles. The minimum Gasteiger partial charge on any atom is -0.357 e. The first-order valence-electron chi connectivity index (χ1n) is 7.15. The molecule has 5 heteroatoms. The molecule has 0 aromatic carbocycles. The van der Waals surface area contributed by atoms with Crippen LogP contribution in [0.25, 0.3) is 0 Å². The van der Waals surface area contributed by atoms with Crippen LogP contribution >= 0.6 is 35.3 Å². The second-order valence-corrected chi connectivity index (χ2v) is 6.20. The Morgan fingerprint density at radius 1 is 1.45 bits per heavy atom. The lowest BCUT2D eigenvalue weighted by molar-refractivity contribution is 0.484. The summed E-state index contributed by atoms with van der Waals surface area (Å²) >= 11 is 1.82. The Labute approximate surface area is 144 Å². The van der Waals surface area contributed by atoms with Gasteiger partial charge in [0.2, 0.25) is 0 Å². The van der Waals surface area contributed by atoms with E-state index in [0.29, 0.717) is 5.92 Å². The number of guanidine groups is 1. The zero-order chi connectivity index (χ0) is 14.1. The summed E-state index contributed by atoms with van der Waals surface area (Å²) in [6.45, 7) is 9.43. The number of thiophene rings is 1. The second kappa shape index (κ2) is 11.4. The molecule has 1 rings (SSSR count). The molecule has 0 saturated carbocycles. The maximum absolute atomic E-state index is 4.69. The van der Waals surface area contributed by atoms with Crippen LogP contribution in [0, 0.1) is 5.92 Å². The number of rotatable bonds is 7. The van der Waals surface area contributed by atoms with E-state index in [9.17, 15) is 0 Å². The van der Waals surface area contributed by atoms with Crippen molar-refractivity contribution in [2.45, 2.75) is 33.6 Å². The molecule has 1 N–H and O–H groups in total. The Morgan fingerprint density at radius 2 is 2.20 bits per heavy atom. The molecule has 0 radical (unpaired) electrons. The van der Waals surface area contributed by atoms with Crippen molar-refractivity contribution >= 4 is 41.3 Å². The molecule has 1 aromatic heterocycles. The van der Waals surface area contributed by atoms with Crippen molar-refractivity contribution in [3.8, 4) is 0 Å². The molecule has 0 bridgehead atoms. The predicted molar refractivity (Wildman–Crippen MR) is 102 cm³/mol. The van der Waals surface area contributed by atoms with E-state index in [-0.39, 0.29) is 24.0 Å². The second-order valence-electron chi connectivity index (χ2n) is 5.17. The average molecular weight is 409 g/mol. The van der Waals surface area contributed by atoms with Gasteiger partial charge in [-0.25, -0.2) is 0 Å². The number of hydrogen-bond donors (Lipinski definition) is 1. The van der Waals surface area contributed by atoms with Crippen LogP contribution in [0.2, 0.25) is 0 Å². The Balaban J connectivity index is 0.00000361. The quantitative estimate of drug-likeness (QED) is 0.421. The van der Waals surface area contributed by atoms with E-state index >= 15 is 0 Å². The van der Waals surface area contributed by atoms with Crippen molar-refractivity contribution in [2.24, 2.45) is 10.9 Å². The van der Waals surface area contributed by atoms with Crippen molar-refractivity contribution in [1.29, 1.82) is 0 Å². The highest BCUT2D eigenvalue weighted by atomic mass is 127. The van der Waals surface area contributed by atoms with Gasteiger partial charge in [-0.15, -0.1) is 35.3 Å². The first-order chi connectivity index (χ1) is 9.13. The average Bonchev–Trinajstić information content (AvgIpc) is 2.87. The molecule has 0 aliphatic heterocycles. The van der Waals surface area contributed by atoms with E-state index in [0.717, 1.165) is 38.4 Å². The van der Waals surface area contributed by atoms with Gasteiger partial charge < -0.3 is 10.2 Å². The summed E-state index contributed by atoms with van der Waals surface area (Å²) in [6, 6.07) is 4.31. The third-order valence-electron chi connectivity index (χ3n) is 2.94. The molecule has 0 spiro atoms. The molecule has 0 atom stereocenters. The van der Waals surface area contributed by atoms with Gasteiger partial charge in [-0.3, -0.25) is 4.99 Å². The van der Waals surface area contributed by atoms with Crippen LogP contribution in [0.15, 0.2) is 22.5 Å². The van der Waals surface area contributed by atoms with Crippen molar-refractivity contribution in [1.82, 2.24) is 10.2 Å². The third kappa shape index (κ3) is 8.09. The predicted octanol–water partition coefficient (Wildman–Crippen LogP) is 3.85. The van der Waals surface area contributed by atoms with Crippen LogP contribution in [0.3, 0.4) is 0 Å². The summed E-state index contributed by atoms with van der Waals surface area (Å²) in [4.78, 5) is 8.35. The standard InChI is InChI=1S/C15H27N3S.HI/c1-5-16-15(17-10-8-13(2)3)18(4)11-9-14-7-6-12-19-14;/h6-7,12-13H,5,8-11H2,1-4H3,(H,16,17);1H. The SMILES string of the molecule is CCNC(=NCCC(C)C)N(C)CCc1cccs1.I. The monoisotopic (exact) mass is 409 g/mol. The Hall–Kier alpha value is -0.300. The minimum absolute atomic E-state index is 0. The van der Waals surface area contributed by atoms with Crippen LogP contribution in [0.1, 0.15) is 32.1 Å². The molecule has 0 aliphatic rings. The molecule has 0 amide bonds. The van der Waals surface area contributed by atoms with Crippen molar-refractivity contribution in [3.05, 3.63) is 22.4 Å². The van der Waals surface area contributed by atoms with Gasteiger partial charge in [0.15, 0.2) is 5.96 Å². The molecule has 3 nitrogen and oxygen atoms in total. The lowest BCUT2D eigenvalue weighted by Crippen LogP contribution is -2.40. The van der Waals surface area contributed by atoms with Crippen LogP contribution in [0.5, 0.6) is 0 Å².